The molecule has 2 heterocycles. The fourth-order valence-electron chi connectivity index (χ4n) is 4.71. The van der Waals surface area contributed by atoms with E-state index in [1.807, 2.05) is 31.7 Å². The number of carbonyl (C=O) groups excluding carboxylic acids is 1. The van der Waals surface area contributed by atoms with Crippen molar-refractivity contribution >= 4 is 11.7 Å². The number of alkyl halides is 3. The fourth-order valence-corrected chi connectivity index (χ4v) is 4.71. The van der Waals surface area contributed by atoms with Crippen molar-refractivity contribution in [3.05, 3.63) is 17.6 Å². The molecule has 2 fully saturated rings. The molecular weight excluding hydrogens is 457 g/mol. The number of hydrogen-bond donors (Lipinski definition) is 1. The molecule has 3 rings (SSSR count). The summed E-state index contributed by atoms with van der Waals surface area (Å²) in [4.78, 5) is 24.4. The van der Waals surface area contributed by atoms with Crippen molar-refractivity contribution < 1.29 is 18.0 Å². The number of halogens is 3. The van der Waals surface area contributed by atoms with Crippen molar-refractivity contribution in [3.63, 3.8) is 0 Å². The van der Waals surface area contributed by atoms with Gasteiger partial charge in [-0.05, 0) is 44.6 Å². The first-order valence-corrected chi connectivity index (χ1v) is 12.6. The summed E-state index contributed by atoms with van der Waals surface area (Å²) in [6.45, 7) is 9.30. The molecule has 1 aromatic rings. The van der Waals surface area contributed by atoms with Crippen LogP contribution < -0.4 is 10.2 Å². The standard InChI is InChI=1S/C25H37F3N6O/c1-24(2,3)23-31-20(25(26,27)28)17-21(32-23)34-15-13-33(14-16-34)12-10-18-6-8-19(9-7-18)30-22(35)5-4-11-29/h17-19H,4-10,12-16H2,1-3H3,(H,30,35)/t18-,19-. The maximum Gasteiger partial charge on any atom is 0.433 e. The maximum atomic E-state index is 13.4. The number of aromatic nitrogens is 2. The molecule has 194 valence electrons. The highest BCUT2D eigenvalue weighted by Crippen LogP contribution is 2.32. The van der Waals surface area contributed by atoms with E-state index in [0.29, 0.717) is 24.8 Å². The summed E-state index contributed by atoms with van der Waals surface area (Å²) in [7, 11) is 0. The first kappa shape index (κ1) is 27.2. The predicted octanol–water partition coefficient (Wildman–Crippen LogP) is 4.28. The Bertz CT molecular complexity index is 860. The average molecular weight is 495 g/mol. The van der Waals surface area contributed by atoms with E-state index in [-0.39, 0.29) is 30.6 Å². The monoisotopic (exact) mass is 494 g/mol. The molecule has 0 bridgehead atoms. The van der Waals surface area contributed by atoms with Crippen LogP contribution in [0.15, 0.2) is 6.07 Å². The summed E-state index contributed by atoms with van der Waals surface area (Å²) in [5, 5.41) is 11.6. The molecule has 2 aliphatic rings. The summed E-state index contributed by atoms with van der Waals surface area (Å²) in [6, 6.07) is 3.29. The van der Waals surface area contributed by atoms with E-state index in [0.717, 1.165) is 57.8 Å². The highest BCUT2D eigenvalue weighted by molar-refractivity contribution is 5.76. The van der Waals surface area contributed by atoms with Crippen LogP contribution in [0.1, 0.15) is 77.2 Å². The normalized spacial score (nSPS) is 22.0. The van der Waals surface area contributed by atoms with Crippen LogP contribution in [-0.4, -0.2) is 59.5 Å². The Morgan fingerprint density at radius 3 is 2.34 bits per heavy atom. The van der Waals surface area contributed by atoms with Gasteiger partial charge in [-0.25, -0.2) is 9.97 Å². The quantitative estimate of drug-likeness (QED) is 0.609. The van der Waals surface area contributed by atoms with E-state index < -0.39 is 17.3 Å². The Kier molecular flexibility index (Phi) is 8.97. The third-order valence-corrected chi connectivity index (χ3v) is 6.90. The minimum Gasteiger partial charge on any atom is -0.354 e. The third kappa shape index (κ3) is 8.06. The van der Waals surface area contributed by atoms with Crippen molar-refractivity contribution in [2.45, 2.75) is 83.4 Å². The number of carbonyl (C=O) groups is 1. The number of hydrogen-bond acceptors (Lipinski definition) is 6. The molecule has 1 N–H and O–H groups in total. The van der Waals surface area contributed by atoms with Gasteiger partial charge in [0.05, 0.1) is 6.07 Å². The van der Waals surface area contributed by atoms with E-state index in [9.17, 15) is 18.0 Å². The van der Waals surface area contributed by atoms with Gasteiger partial charge in [0.1, 0.15) is 17.3 Å². The summed E-state index contributed by atoms with van der Waals surface area (Å²) < 4.78 is 40.3. The van der Waals surface area contributed by atoms with Crippen LogP contribution in [0.25, 0.3) is 0 Å². The van der Waals surface area contributed by atoms with E-state index in [1.54, 1.807) is 0 Å². The lowest BCUT2D eigenvalue weighted by Crippen LogP contribution is -2.47. The number of amides is 1. The molecule has 1 aromatic heterocycles. The molecule has 0 radical (unpaired) electrons. The van der Waals surface area contributed by atoms with Crippen molar-refractivity contribution in [2.75, 3.05) is 37.6 Å². The van der Waals surface area contributed by atoms with Gasteiger partial charge in [0.2, 0.25) is 5.91 Å². The van der Waals surface area contributed by atoms with Crippen LogP contribution in [0.4, 0.5) is 19.0 Å². The minimum absolute atomic E-state index is 0.0338. The smallest absolute Gasteiger partial charge is 0.354 e. The van der Waals surface area contributed by atoms with E-state index in [2.05, 4.69) is 20.2 Å². The summed E-state index contributed by atoms with van der Waals surface area (Å²) in [5.41, 5.74) is -1.46. The molecular formula is C25H37F3N6O. The lowest BCUT2D eigenvalue weighted by atomic mass is 9.84. The van der Waals surface area contributed by atoms with Gasteiger partial charge in [0, 0.05) is 56.5 Å². The topological polar surface area (TPSA) is 85.2 Å². The van der Waals surface area contributed by atoms with Gasteiger partial charge in [0.15, 0.2) is 0 Å². The van der Waals surface area contributed by atoms with Gasteiger partial charge in [0.25, 0.3) is 0 Å². The second-order valence-electron chi connectivity index (χ2n) is 10.7. The van der Waals surface area contributed by atoms with Crippen LogP contribution in [0, 0.1) is 17.2 Å². The van der Waals surface area contributed by atoms with Crippen LogP contribution in [0.2, 0.25) is 0 Å². The summed E-state index contributed by atoms with van der Waals surface area (Å²) in [6.07, 6.45) is 1.23. The van der Waals surface area contributed by atoms with Crippen molar-refractivity contribution in [2.24, 2.45) is 5.92 Å². The lowest BCUT2D eigenvalue weighted by molar-refractivity contribution is -0.141. The molecule has 1 saturated heterocycles. The second-order valence-corrected chi connectivity index (χ2v) is 10.7. The maximum absolute atomic E-state index is 13.4. The molecule has 1 aliphatic carbocycles. The molecule has 35 heavy (non-hydrogen) atoms. The molecule has 0 spiro atoms. The highest BCUT2D eigenvalue weighted by atomic mass is 19.4. The Morgan fingerprint density at radius 2 is 1.77 bits per heavy atom. The molecule has 7 nitrogen and oxygen atoms in total. The van der Waals surface area contributed by atoms with Gasteiger partial charge in [-0.3, -0.25) is 9.69 Å². The first-order chi connectivity index (χ1) is 16.5. The zero-order valence-corrected chi connectivity index (χ0v) is 21.0. The van der Waals surface area contributed by atoms with Gasteiger partial charge >= 0.3 is 6.18 Å². The Morgan fingerprint density at radius 1 is 1.11 bits per heavy atom. The molecule has 1 saturated carbocycles. The zero-order chi connectivity index (χ0) is 25.6. The van der Waals surface area contributed by atoms with Gasteiger partial charge in [-0.15, -0.1) is 0 Å². The number of rotatable bonds is 7. The Hall–Kier alpha value is -2.41. The van der Waals surface area contributed by atoms with Crippen LogP contribution in [0.3, 0.4) is 0 Å². The zero-order valence-electron chi connectivity index (χ0n) is 21.0. The van der Waals surface area contributed by atoms with Crippen molar-refractivity contribution in [3.8, 4) is 6.07 Å². The SMILES string of the molecule is CC(C)(C)c1nc(N2CCN(CC[C@H]3CC[C@H](NC(=O)CCC#N)CC3)CC2)cc(C(F)(F)F)n1. The van der Waals surface area contributed by atoms with Crippen LogP contribution >= 0.6 is 0 Å². The second kappa shape index (κ2) is 11.5. The number of piperazine rings is 1. The Balaban J connectivity index is 1.46. The van der Waals surface area contributed by atoms with E-state index in [4.69, 9.17) is 5.26 Å². The van der Waals surface area contributed by atoms with Crippen LogP contribution in [-0.2, 0) is 16.4 Å². The molecule has 0 atom stereocenters. The number of nitriles is 1. The van der Waals surface area contributed by atoms with Crippen LogP contribution in [0.5, 0.6) is 0 Å². The van der Waals surface area contributed by atoms with Crippen molar-refractivity contribution in [1.82, 2.24) is 20.2 Å². The highest BCUT2D eigenvalue weighted by Gasteiger charge is 2.36. The molecule has 0 aromatic carbocycles. The van der Waals surface area contributed by atoms with Gasteiger partial charge in [-0.1, -0.05) is 20.8 Å². The molecule has 0 unspecified atom stereocenters. The van der Waals surface area contributed by atoms with Crippen molar-refractivity contribution in [1.29, 1.82) is 5.26 Å². The lowest BCUT2D eigenvalue weighted by Gasteiger charge is -2.37. The van der Waals surface area contributed by atoms with Gasteiger partial charge in [-0.2, -0.15) is 18.4 Å². The van der Waals surface area contributed by atoms with E-state index in [1.165, 1.54) is 0 Å². The summed E-state index contributed by atoms with van der Waals surface area (Å²) >= 11 is 0. The number of anilines is 1. The predicted molar refractivity (Wildman–Crippen MR) is 128 cm³/mol. The fraction of sp³-hybridized carbons (Fsp3) is 0.760. The number of nitrogens with one attached hydrogen (secondary N) is 1. The molecule has 10 heteroatoms. The number of nitrogens with zero attached hydrogens (tertiary/aromatic N) is 5. The summed E-state index contributed by atoms with van der Waals surface area (Å²) in [5.74, 6) is 1.16. The van der Waals surface area contributed by atoms with E-state index >= 15 is 0 Å². The largest absolute Gasteiger partial charge is 0.433 e. The molecule has 1 aliphatic heterocycles. The minimum atomic E-state index is -4.50. The third-order valence-electron chi connectivity index (χ3n) is 6.90. The van der Waals surface area contributed by atoms with Gasteiger partial charge < -0.3 is 10.2 Å². The molecule has 1 amide bonds. The average Bonchev–Trinajstić information content (AvgIpc) is 2.81. The Labute approximate surface area is 206 Å². The first-order valence-electron chi connectivity index (χ1n) is 12.6.